The molecule has 1 heterocycles. The van der Waals surface area contributed by atoms with Gasteiger partial charge in [-0.15, -0.1) is 0 Å². The van der Waals surface area contributed by atoms with Crippen molar-refractivity contribution >= 4 is 5.91 Å². The highest BCUT2D eigenvalue weighted by Crippen LogP contribution is 2.06. The summed E-state index contributed by atoms with van der Waals surface area (Å²) >= 11 is 0. The van der Waals surface area contributed by atoms with Crippen molar-refractivity contribution in [2.45, 2.75) is 45.1 Å². The molecule has 1 aliphatic rings. The molecule has 0 aliphatic carbocycles. The first-order valence-electron chi connectivity index (χ1n) is 6.47. The molecule has 1 unspecified atom stereocenters. The highest BCUT2D eigenvalue weighted by atomic mass is 16.1. The van der Waals surface area contributed by atoms with Crippen LogP contribution in [0.15, 0.2) is 0 Å². The van der Waals surface area contributed by atoms with Crippen LogP contribution in [0.4, 0.5) is 0 Å². The number of nitrogens with zero attached hydrogens (tertiary/aromatic N) is 1. The van der Waals surface area contributed by atoms with Crippen LogP contribution >= 0.6 is 0 Å². The van der Waals surface area contributed by atoms with Crippen molar-refractivity contribution < 1.29 is 4.79 Å². The molecule has 1 amide bonds. The Kier molecular flexibility index (Phi) is 6.42. The predicted octanol–water partition coefficient (Wildman–Crippen LogP) is 0.716. The average molecular weight is 227 g/mol. The molecule has 0 saturated carbocycles. The van der Waals surface area contributed by atoms with Crippen LogP contribution in [0.5, 0.6) is 0 Å². The molecular formula is C12H25N3O. The van der Waals surface area contributed by atoms with E-state index < -0.39 is 0 Å². The van der Waals surface area contributed by atoms with E-state index in [2.05, 4.69) is 10.2 Å². The topological polar surface area (TPSA) is 58.4 Å². The lowest BCUT2D eigenvalue weighted by atomic mass is 10.1. The lowest BCUT2D eigenvalue weighted by Gasteiger charge is -2.14. The molecule has 1 fully saturated rings. The summed E-state index contributed by atoms with van der Waals surface area (Å²) < 4.78 is 0. The van der Waals surface area contributed by atoms with Crippen LogP contribution in [0.25, 0.3) is 0 Å². The number of rotatable bonds is 7. The van der Waals surface area contributed by atoms with E-state index in [1.54, 1.807) is 0 Å². The standard InChI is InChI=1S/C12H25N3O/c1-2-11(13)10-12(16)14-6-5-9-15-7-3-4-8-15/h11H,2-10,13H2,1H3,(H,14,16). The molecule has 1 aliphatic heterocycles. The molecule has 0 bridgehead atoms. The lowest BCUT2D eigenvalue weighted by Crippen LogP contribution is -2.33. The summed E-state index contributed by atoms with van der Waals surface area (Å²) in [4.78, 5) is 13.9. The molecule has 3 N–H and O–H groups in total. The molecule has 0 spiro atoms. The van der Waals surface area contributed by atoms with Crippen molar-refractivity contribution in [2.24, 2.45) is 5.73 Å². The number of hydrogen-bond donors (Lipinski definition) is 2. The van der Waals surface area contributed by atoms with E-state index in [0.29, 0.717) is 6.42 Å². The van der Waals surface area contributed by atoms with Crippen LogP contribution < -0.4 is 11.1 Å². The fourth-order valence-corrected chi connectivity index (χ4v) is 1.99. The summed E-state index contributed by atoms with van der Waals surface area (Å²) in [5, 5.41) is 2.93. The van der Waals surface area contributed by atoms with Gasteiger partial charge in [-0.1, -0.05) is 6.92 Å². The normalized spacial score (nSPS) is 18.6. The summed E-state index contributed by atoms with van der Waals surface area (Å²) in [6.45, 7) is 6.36. The molecule has 0 aromatic heterocycles. The van der Waals surface area contributed by atoms with Crippen molar-refractivity contribution in [1.82, 2.24) is 10.2 Å². The summed E-state index contributed by atoms with van der Waals surface area (Å²) in [5.41, 5.74) is 5.71. The van der Waals surface area contributed by atoms with Gasteiger partial charge in [0, 0.05) is 19.0 Å². The number of likely N-dealkylation sites (tertiary alicyclic amines) is 1. The number of nitrogens with one attached hydrogen (secondary N) is 1. The third-order valence-corrected chi connectivity index (χ3v) is 3.14. The fraction of sp³-hybridized carbons (Fsp3) is 0.917. The summed E-state index contributed by atoms with van der Waals surface area (Å²) in [6, 6.07) is 0.0126. The Hall–Kier alpha value is -0.610. The predicted molar refractivity (Wildman–Crippen MR) is 66.2 cm³/mol. The highest BCUT2D eigenvalue weighted by Gasteiger charge is 2.11. The molecule has 1 rings (SSSR count). The van der Waals surface area contributed by atoms with E-state index in [1.807, 2.05) is 6.92 Å². The zero-order valence-corrected chi connectivity index (χ0v) is 10.4. The van der Waals surface area contributed by atoms with Gasteiger partial charge >= 0.3 is 0 Å². The molecule has 1 saturated heterocycles. The molecular weight excluding hydrogens is 202 g/mol. The molecule has 94 valence electrons. The molecule has 0 radical (unpaired) electrons. The Morgan fingerprint density at radius 3 is 2.75 bits per heavy atom. The number of hydrogen-bond acceptors (Lipinski definition) is 3. The van der Waals surface area contributed by atoms with Gasteiger partial charge in [-0.3, -0.25) is 4.79 Å². The number of carbonyl (C=O) groups is 1. The van der Waals surface area contributed by atoms with Crippen LogP contribution in [0.3, 0.4) is 0 Å². The number of nitrogens with two attached hydrogens (primary N) is 1. The van der Waals surface area contributed by atoms with Crippen molar-refractivity contribution in [2.75, 3.05) is 26.2 Å². The van der Waals surface area contributed by atoms with Crippen LogP contribution in [0.2, 0.25) is 0 Å². The zero-order chi connectivity index (χ0) is 11.8. The van der Waals surface area contributed by atoms with Crippen LogP contribution in [0.1, 0.15) is 39.0 Å². The minimum Gasteiger partial charge on any atom is -0.356 e. The van der Waals surface area contributed by atoms with Crippen LogP contribution in [0, 0.1) is 0 Å². The third kappa shape index (κ3) is 5.47. The van der Waals surface area contributed by atoms with E-state index >= 15 is 0 Å². The summed E-state index contributed by atoms with van der Waals surface area (Å²) in [6.07, 6.45) is 5.03. The molecule has 0 aromatic carbocycles. The van der Waals surface area contributed by atoms with Gasteiger partial charge in [0.1, 0.15) is 0 Å². The maximum Gasteiger partial charge on any atom is 0.221 e. The second-order valence-corrected chi connectivity index (χ2v) is 4.62. The monoisotopic (exact) mass is 227 g/mol. The zero-order valence-electron chi connectivity index (χ0n) is 10.4. The first-order chi connectivity index (χ1) is 7.72. The van der Waals surface area contributed by atoms with E-state index in [9.17, 15) is 4.79 Å². The van der Waals surface area contributed by atoms with Crippen molar-refractivity contribution in [3.05, 3.63) is 0 Å². The first-order valence-corrected chi connectivity index (χ1v) is 6.47. The Labute approximate surface area is 98.6 Å². The van der Waals surface area contributed by atoms with Gasteiger partial charge in [-0.05, 0) is 45.3 Å². The van der Waals surface area contributed by atoms with E-state index in [1.165, 1.54) is 25.9 Å². The van der Waals surface area contributed by atoms with Crippen molar-refractivity contribution in [1.29, 1.82) is 0 Å². The van der Waals surface area contributed by atoms with E-state index in [4.69, 9.17) is 5.73 Å². The molecule has 4 nitrogen and oxygen atoms in total. The maximum atomic E-state index is 11.4. The molecule has 16 heavy (non-hydrogen) atoms. The SMILES string of the molecule is CCC(N)CC(=O)NCCCN1CCCC1. The Morgan fingerprint density at radius 2 is 2.12 bits per heavy atom. The van der Waals surface area contributed by atoms with Gasteiger partial charge in [0.25, 0.3) is 0 Å². The second-order valence-electron chi connectivity index (χ2n) is 4.62. The average Bonchev–Trinajstić information content (AvgIpc) is 2.77. The van der Waals surface area contributed by atoms with Gasteiger partial charge in [0.15, 0.2) is 0 Å². The van der Waals surface area contributed by atoms with Gasteiger partial charge in [0.05, 0.1) is 0 Å². The number of amides is 1. The van der Waals surface area contributed by atoms with Crippen molar-refractivity contribution in [3.63, 3.8) is 0 Å². The van der Waals surface area contributed by atoms with Crippen molar-refractivity contribution in [3.8, 4) is 0 Å². The van der Waals surface area contributed by atoms with Gasteiger partial charge in [-0.25, -0.2) is 0 Å². The second kappa shape index (κ2) is 7.63. The summed E-state index contributed by atoms with van der Waals surface area (Å²) in [7, 11) is 0. The largest absolute Gasteiger partial charge is 0.356 e. The lowest BCUT2D eigenvalue weighted by molar-refractivity contribution is -0.121. The van der Waals surface area contributed by atoms with E-state index in [-0.39, 0.29) is 11.9 Å². The van der Waals surface area contributed by atoms with Crippen LogP contribution in [-0.4, -0.2) is 43.0 Å². The molecule has 4 heteroatoms. The quantitative estimate of drug-likeness (QED) is 0.630. The minimum atomic E-state index is 0.0126. The van der Waals surface area contributed by atoms with E-state index in [0.717, 1.165) is 25.9 Å². The van der Waals surface area contributed by atoms with Gasteiger partial charge in [0.2, 0.25) is 5.91 Å². The minimum absolute atomic E-state index is 0.0126. The summed E-state index contributed by atoms with van der Waals surface area (Å²) in [5.74, 6) is 0.0933. The third-order valence-electron chi connectivity index (χ3n) is 3.14. The van der Waals surface area contributed by atoms with Gasteiger partial charge in [-0.2, -0.15) is 0 Å². The first kappa shape index (κ1) is 13.5. The highest BCUT2D eigenvalue weighted by molar-refractivity contribution is 5.76. The Balaban J connectivity index is 1.95. The fourth-order valence-electron chi connectivity index (χ4n) is 1.99. The molecule has 0 aromatic rings. The maximum absolute atomic E-state index is 11.4. The van der Waals surface area contributed by atoms with Gasteiger partial charge < -0.3 is 16.0 Å². The number of carbonyl (C=O) groups excluding carboxylic acids is 1. The van der Waals surface area contributed by atoms with Crippen LogP contribution in [-0.2, 0) is 4.79 Å². The Morgan fingerprint density at radius 1 is 1.44 bits per heavy atom. The Bertz CT molecular complexity index is 202. The molecule has 1 atom stereocenters. The smallest absolute Gasteiger partial charge is 0.221 e.